The molecule has 3 aliphatic rings. The molecule has 0 N–H and O–H groups in total. The molecular formula is C19H16F3N5O2. The predicted molar refractivity (Wildman–Crippen MR) is 93.1 cm³/mol. The van der Waals surface area contributed by atoms with Crippen LogP contribution >= 0.6 is 0 Å². The number of hydrogen-bond donors (Lipinski definition) is 0. The summed E-state index contributed by atoms with van der Waals surface area (Å²) in [4.78, 5) is 28.1. The Bertz CT molecular complexity index is 977. The standard InChI is InChI=1S/C19H16F3N5O2/c1-26-17(28)14-13-3-2-8-27(13)16(15(14)18(26)29)12(9-23)25-24-11-6-4-10(5-7-11)19(20,21)22/h4-7,13-15H,2-3,8H2,1H3/b16-12-,25-24?/t13-,14+,15+/m0/s1. The van der Waals surface area contributed by atoms with Crippen molar-refractivity contribution >= 4 is 17.5 Å². The second-order valence-electron chi connectivity index (χ2n) is 7.23. The van der Waals surface area contributed by atoms with E-state index in [1.807, 2.05) is 11.0 Å². The summed E-state index contributed by atoms with van der Waals surface area (Å²) in [7, 11) is 1.43. The van der Waals surface area contributed by atoms with Gasteiger partial charge in [-0.15, -0.1) is 10.2 Å². The number of rotatable bonds is 2. The second-order valence-corrected chi connectivity index (χ2v) is 7.23. The molecule has 3 aliphatic heterocycles. The zero-order chi connectivity index (χ0) is 20.9. The summed E-state index contributed by atoms with van der Waals surface area (Å²) >= 11 is 0. The molecule has 3 atom stereocenters. The maximum absolute atomic E-state index is 12.7. The first-order chi connectivity index (χ1) is 13.7. The van der Waals surface area contributed by atoms with E-state index < -0.39 is 23.6 Å². The normalized spacial score (nSPS) is 28.2. The number of allylic oxidation sites excluding steroid dienone is 1. The van der Waals surface area contributed by atoms with Gasteiger partial charge in [0.2, 0.25) is 11.8 Å². The minimum atomic E-state index is -4.46. The number of halogens is 3. The number of hydrogen-bond acceptors (Lipinski definition) is 6. The molecule has 1 aromatic rings. The van der Waals surface area contributed by atoms with Crippen molar-refractivity contribution < 1.29 is 22.8 Å². The number of nitrogens with zero attached hydrogens (tertiary/aromatic N) is 5. The molecule has 3 saturated heterocycles. The smallest absolute Gasteiger partial charge is 0.368 e. The summed E-state index contributed by atoms with van der Waals surface area (Å²) in [5, 5.41) is 17.4. The molecule has 0 saturated carbocycles. The quantitative estimate of drug-likeness (QED) is 0.431. The van der Waals surface area contributed by atoms with Gasteiger partial charge in [0.05, 0.1) is 28.8 Å². The van der Waals surface area contributed by atoms with Crippen molar-refractivity contribution in [1.29, 1.82) is 5.26 Å². The molecule has 4 rings (SSSR count). The van der Waals surface area contributed by atoms with Crippen molar-refractivity contribution in [2.75, 3.05) is 13.6 Å². The van der Waals surface area contributed by atoms with E-state index in [9.17, 15) is 28.0 Å². The molecule has 0 aromatic heterocycles. The van der Waals surface area contributed by atoms with Crippen LogP contribution in [0, 0.1) is 23.2 Å². The third kappa shape index (κ3) is 2.97. The van der Waals surface area contributed by atoms with E-state index in [2.05, 4.69) is 10.2 Å². The highest BCUT2D eigenvalue weighted by molar-refractivity contribution is 6.07. The van der Waals surface area contributed by atoms with E-state index in [0.29, 0.717) is 12.2 Å². The number of alkyl halides is 3. The summed E-state index contributed by atoms with van der Waals surface area (Å²) in [5.41, 5.74) is -0.379. The van der Waals surface area contributed by atoms with Gasteiger partial charge in [-0.2, -0.15) is 18.4 Å². The lowest BCUT2D eigenvalue weighted by molar-refractivity contribution is -0.139. The van der Waals surface area contributed by atoms with Crippen molar-refractivity contribution in [2.24, 2.45) is 22.1 Å². The van der Waals surface area contributed by atoms with Crippen molar-refractivity contribution in [1.82, 2.24) is 9.80 Å². The van der Waals surface area contributed by atoms with Crippen LogP contribution in [0.1, 0.15) is 18.4 Å². The largest absolute Gasteiger partial charge is 0.416 e. The molecule has 0 unspecified atom stereocenters. The number of amides is 2. The average Bonchev–Trinajstić information content (AvgIpc) is 3.32. The molecule has 0 bridgehead atoms. The van der Waals surface area contributed by atoms with Crippen molar-refractivity contribution in [3.8, 4) is 6.07 Å². The first-order valence-corrected chi connectivity index (χ1v) is 9.05. The van der Waals surface area contributed by atoms with Gasteiger partial charge >= 0.3 is 6.18 Å². The summed E-state index contributed by atoms with van der Waals surface area (Å²) in [6.07, 6.45) is -2.88. The lowest BCUT2D eigenvalue weighted by atomic mass is 9.89. The van der Waals surface area contributed by atoms with Gasteiger partial charge in [-0.3, -0.25) is 14.5 Å². The molecule has 7 nitrogen and oxygen atoms in total. The van der Waals surface area contributed by atoms with Gasteiger partial charge in [0.25, 0.3) is 0 Å². The summed E-state index contributed by atoms with van der Waals surface area (Å²) in [6.45, 7) is 0.609. The minimum Gasteiger partial charge on any atom is -0.368 e. The van der Waals surface area contributed by atoms with Gasteiger partial charge < -0.3 is 4.90 Å². The topological polar surface area (TPSA) is 89.1 Å². The van der Waals surface area contributed by atoms with Crippen LogP contribution in [0.2, 0.25) is 0 Å². The van der Waals surface area contributed by atoms with Gasteiger partial charge in [0, 0.05) is 19.6 Å². The number of fused-ring (bicyclic) bond motifs is 3. The van der Waals surface area contributed by atoms with E-state index in [1.165, 1.54) is 7.05 Å². The zero-order valence-corrected chi connectivity index (χ0v) is 15.3. The summed E-state index contributed by atoms with van der Waals surface area (Å²) in [5.74, 6) is -1.93. The first kappa shape index (κ1) is 19.1. The number of azo groups is 1. The van der Waals surface area contributed by atoms with E-state index in [4.69, 9.17) is 0 Å². The number of carbonyl (C=O) groups excluding carboxylic acids is 2. The fourth-order valence-corrected chi connectivity index (χ4v) is 4.39. The number of benzene rings is 1. The molecule has 0 spiro atoms. The maximum atomic E-state index is 12.7. The first-order valence-electron chi connectivity index (χ1n) is 9.05. The predicted octanol–water partition coefficient (Wildman–Crippen LogP) is 3.23. The lowest BCUT2D eigenvalue weighted by Crippen LogP contribution is -2.35. The third-order valence-corrected chi connectivity index (χ3v) is 5.70. The monoisotopic (exact) mass is 403 g/mol. The Morgan fingerprint density at radius 1 is 1.21 bits per heavy atom. The Hall–Kier alpha value is -3.22. The Morgan fingerprint density at radius 3 is 2.52 bits per heavy atom. The summed E-state index contributed by atoms with van der Waals surface area (Å²) < 4.78 is 38.0. The Balaban J connectivity index is 1.70. The Kier molecular flexibility index (Phi) is 4.41. The van der Waals surface area contributed by atoms with E-state index in [-0.39, 0.29) is 29.2 Å². The van der Waals surface area contributed by atoms with Crippen LogP contribution in [0.4, 0.5) is 18.9 Å². The van der Waals surface area contributed by atoms with Crippen LogP contribution in [0.3, 0.4) is 0 Å². The molecule has 3 heterocycles. The Labute approximate surface area is 164 Å². The van der Waals surface area contributed by atoms with Crippen LogP contribution in [0.25, 0.3) is 0 Å². The molecule has 10 heteroatoms. The highest BCUT2D eigenvalue weighted by atomic mass is 19.4. The third-order valence-electron chi connectivity index (χ3n) is 5.70. The number of carbonyl (C=O) groups is 2. The molecule has 29 heavy (non-hydrogen) atoms. The van der Waals surface area contributed by atoms with Crippen LogP contribution in [0.5, 0.6) is 0 Å². The molecular weight excluding hydrogens is 387 g/mol. The molecule has 1 aromatic carbocycles. The molecule has 0 radical (unpaired) electrons. The number of nitriles is 1. The minimum absolute atomic E-state index is 0.0965. The van der Waals surface area contributed by atoms with E-state index in [0.717, 1.165) is 42.0 Å². The van der Waals surface area contributed by atoms with Gasteiger partial charge in [-0.05, 0) is 37.1 Å². The lowest BCUT2D eigenvalue weighted by Gasteiger charge is -2.23. The highest BCUT2D eigenvalue weighted by Gasteiger charge is 2.60. The molecule has 3 fully saturated rings. The van der Waals surface area contributed by atoms with Crippen LogP contribution in [0.15, 0.2) is 45.9 Å². The summed E-state index contributed by atoms with van der Waals surface area (Å²) in [6, 6.07) is 5.85. The van der Waals surface area contributed by atoms with Crippen LogP contribution in [-0.2, 0) is 15.8 Å². The van der Waals surface area contributed by atoms with Gasteiger partial charge in [0.1, 0.15) is 6.07 Å². The van der Waals surface area contributed by atoms with Crippen molar-refractivity contribution in [3.63, 3.8) is 0 Å². The highest BCUT2D eigenvalue weighted by Crippen LogP contribution is 2.49. The van der Waals surface area contributed by atoms with E-state index in [1.54, 1.807) is 0 Å². The van der Waals surface area contributed by atoms with Crippen LogP contribution in [-0.4, -0.2) is 41.2 Å². The van der Waals surface area contributed by atoms with Gasteiger partial charge in [0.15, 0.2) is 5.70 Å². The van der Waals surface area contributed by atoms with Gasteiger partial charge in [-0.25, -0.2) is 0 Å². The maximum Gasteiger partial charge on any atom is 0.416 e. The molecule has 0 aliphatic carbocycles. The fraction of sp³-hybridized carbons (Fsp3) is 0.421. The fourth-order valence-electron chi connectivity index (χ4n) is 4.39. The molecule has 2 amide bonds. The van der Waals surface area contributed by atoms with Gasteiger partial charge in [-0.1, -0.05) is 0 Å². The second kappa shape index (κ2) is 6.69. The van der Waals surface area contributed by atoms with Crippen molar-refractivity contribution in [2.45, 2.75) is 25.1 Å². The number of likely N-dealkylation sites (tertiary alicyclic amines) is 1. The SMILES string of the molecule is CN1C(=O)[C@H]2[C@@H](C1=O)/C(=C(\C#N)N=Nc1ccc(C(F)(F)F)cc1)N1CCC[C@@H]21. The van der Waals surface area contributed by atoms with Crippen LogP contribution < -0.4 is 0 Å². The number of imide groups is 1. The van der Waals surface area contributed by atoms with Crippen molar-refractivity contribution in [3.05, 3.63) is 41.2 Å². The Morgan fingerprint density at radius 2 is 1.90 bits per heavy atom. The van der Waals surface area contributed by atoms with E-state index >= 15 is 0 Å². The zero-order valence-electron chi connectivity index (χ0n) is 15.3. The average molecular weight is 403 g/mol. The molecule has 150 valence electrons.